The molecule has 0 radical (unpaired) electrons. The normalized spacial score (nSPS) is 21.4. The Labute approximate surface area is 218 Å². The van der Waals surface area contributed by atoms with Crippen molar-refractivity contribution >= 4 is 58.5 Å². The molecular weight excluding hydrogens is 550 g/mol. The summed E-state index contributed by atoms with van der Waals surface area (Å²) < 4.78 is 35.7. The zero-order valence-electron chi connectivity index (χ0n) is 19.5. The lowest BCUT2D eigenvalue weighted by molar-refractivity contribution is 0.0917. The van der Waals surface area contributed by atoms with E-state index in [2.05, 4.69) is 15.9 Å². The Bertz CT molecular complexity index is 1320. The number of carbonyl (C=O) groups excluding carboxylic acids is 1. The third kappa shape index (κ3) is 5.17. The maximum Gasteiger partial charge on any atom is 0.260 e. The Balaban J connectivity index is 1.43. The molecule has 35 heavy (non-hydrogen) atoms. The number of piperidine rings is 1. The van der Waals surface area contributed by atoms with Gasteiger partial charge in [0.15, 0.2) is 5.13 Å². The van der Waals surface area contributed by atoms with E-state index in [0.717, 1.165) is 46.8 Å². The second-order valence-electron chi connectivity index (χ2n) is 9.14. The zero-order chi connectivity index (χ0) is 24.6. The minimum atomic E-state index is -3.59. The number of fused-ring (bicyclic) bond motifs is 1. The smallest absolute Gasteiger partial charge is 0.260 e. The first-order chi connectivity index (χ1) is 16.8. The summed E-state index contributed by atoms with van der Waals surface area (Å²) in [6, 6.07) is 12.1. The van der Waals surface area contributed by atoms with E-state index in [4.69, 9.17) is 9.72 Å². The van der Waals surface area contributed by atoms with Gasteiger partial charge in [-0.1, -0.05) is 33.7 Å². The van der Waals surface area contributed by atoms with Crippen molar-refractivity contribution < 1.29 is 17.9 Å². The molecule has 0 saturated carbocycles. The number of anilines is 1. The number of hydrogen-bond acceptors (Lipinski definition) is 6. The van der Waals surface area contributed by atoms with Gasteiger partial charge in [-0.05, 0) is 75.1 Å². The number of thiazole rings is 1. The Kier molecular flexibility index (Phi) is 7.28. The first kappa shape index (κ1) is 24.8. The van der Waals surface area contributed by atoms with E-state index in [1.807, 2.05) is 25.1 Å². The molecule has 2 atom stereocenters. The van der Waals surface area contributed by atoms with Gasteiger partial charge in [0, 0.05) is 29.2 Å². The number of nitrogens with zero attached hydrogens (tertiary/aromatic N) is 3. The number of rotatable bonds is 6. The van der Waals surface area contributed by atoms with Crippen molar-refractivity contribution in [1.82, 2.24) is 9.29 Å². The Hall–Kier alpha value is -1.85. The largest absolute Gasteiger partial charge is 0.376 e. The van der Waals surface area contributed by atoms with Crippen LogP contribution in [0.3, 0.4) is 0 Å². The van der Waals surface area contributed by atoms with Crippen molar-refractivity contribution in [2.45, 2.75) is 56.1 Å². The number of benzene rings is 2. The molecule has 0 aliphatic carbocycles. The zero-order valence-corrected chi connectivity index (χ0v) is 22.7. The van der Waals surface area contributed by atoms with Crippen LogP contribution in [-0.4, -0.2) is 55.5 Å². The fourth-order valence-electron chi connectivity index (χ4n) is 4.73. The van der Waals surface area contributed by atoms with E-state index in [1.54, 1.807) is 33.5 Å². The molecule has 2 aliphatic rings. The van der Waals surface area contributed by atoms with Gasteiger partial charge < -0.3 is 4.74 Å². The van der Waals surface area contributed by atoms with E-state index in [-0.39, 0.29) is 22.9 Å². The molecule has 1 aromatic heterocycles. The van der Waals surface area contributed by atoms with Crippen molar-refractivity contribution in [2.24, 2.45) is 0 Å². The molecule has 0 N–H and O–H groups in total. The standard InChI is InChI=1S/C25H28BrN3O4S2/c1-17-5-2-3-13-29(17)35(31,32)21-10-7-18(8-11-21)24(30)28(16-20-6-4-14-33-20)25-27-22-12-9-19(26)15-23(22)34-25/h7-12,15,17,20H,2-6,13-14,16H2,1H3. The fourth-order valence-corrected chi connectivity index (χ4v) is 7.96. The number of amides is 1. The van der Waals surface area contributed by atoms with Gasteiger partial charge in [-0.3, -0.25) is 9.69 Å². The lowest BCUT2D eigenvalue weighted by atomic mass is 10.1. The van der Waals surface area contributed by atoms with E-state index < -0.39 is 10.0 Å². The molecule has 1 amide bonds. The molecule has 2 saturated heterocycles. The number of hydrogen-bond donors (Lipinski definition) is 0. The van der Waals surface area contributed by atoms with Gasteiger partial charge in [0.25, 0.3) is 5.91 Å². The second-order valence-corrected chi connectivity index (χ2v) is 13.0. The SMILES string of the molecule is CC1CCCCN1S(=O)(=O)c1ccc(C(=O)N(CC2CCCO2)c2nc3ccc(Br)cc3s2)cc1. The van der Waals surface area contributed by atoms with Crippen LogP contribution in [0.4, 0.5) is 5.13 Å². The highest BCUT2D eigenvalue weighted by Crippen LogP contribution is 2.33. The highest BCUT2D eigenvalue weighted by atomic mass is 79.9. The van der Waals surface area contributed by atoms with Gasteiger partial charge in [-0.2, -0.15) is 4.31 Å². The van der Waals surface area contributed by atoms with Gasteiger partial charge in [-0.15, -0.1) is 0 Å². The minimum absolute atomic E-state index is 0.0176. The topological polar surface area (TPSA) is 79.8 Å². The molecule has 7 nitrogen and oxygen atoms in total. The van der Waals surface area contributed by atoms with E-state index in [1.165, 1.54) is 11.3 Å². The molecule has 3 aromatic rings. The Morgan fingerprint density at radius 2 is 1.97 bits per heavy atom. The lowest BCUT2D eigenvalue weighted by Crippen LogP contribution is -2.42. The highest BCUT2D eigenvalue weighted by Gasteiger charge is 2.32. The summed E-state index contributed by atoms with van der Waals surface area (Å²) in [5.74, 6) is -0.214. The fraction of sp³-hybridized carbons (Fsp3) is 0.440. The number of ether oxygens (including phenoxy) is 1. The van der Waals surface area contributed by atoms with Crippen molar-refractivity contribution in [3.8, 4) is 0 Å². The first-order valence-corrected chi connectivity index (χ1v) is 15.0. The van der Waals surface area contributed by atoms with Gasteiger partial charge in [-0.25, -0.2) is 13.4 Å². The Morgan fingerprint density at radius 3 is 2.69 bits per heavy atom. The number of sulfonamides is 1. The number of halogens is 1. The monoisotopic (exact) mass is 577 g/mol. The molecule has 0 spiro atoms. The predicted octanol–water partition coefficient (Wildman–Crippen LogP) is 5.45. The second kappa shape index (κ2) is 10.3. The van der Waals surface area contributed by atoms with Gasteiger partial charge in [0.2, 0.25) is 10.0 Å². The molecule has 5 rings (SSSR count). The molecular formula is C25H28BrN3O4S2. The molecule has 2 fully saturated rings. The minimum Gasteiger partial charge on any atom is -0.376 e. The summed E-state index contributed by atoms with van der Waals surface area (Å²) in [7, 11) is -3.59. The van der Waals surface area contributed by atoms with Gasteiger partial charge >= 0.3 is 0 Å². The van der Waals surface area contributed by atoms with Crippen molar-refractivity contribution in [3.63, 3.8) is 0 Å². The molecule has 2 aromatic carbocycles. The van der Waals surface area contributed by atoms with Crippen LogP contribution in [0.1, 0.15) is 49.4 Å². The Morgan fingerprint density at radius 1 is 1.17 bits per heavy atom. The quantitative estimate of drug-likeness (QED) is 0.389. The molecule has 10 heteroatoms. The van der Waals surface area contributed by atoms with Crippen LogP contribution in [-0.2, 0) is 14.8 Å². The van der Waals surface area contributed by atoms with Crippen LogP contribution in [0, 0.1) is 0 Å². The maximum atomic E-state index is 13.7. The number of aromatic nitrogens is 1. The maximum absolute atomic E-state index is 13.7. The van der Waals surface area contributed by atoms with Gasteiger partial charge in [0.05, 0.1) is 27.8 Å². The summed E-state index contributed by atoms with van der Waals surface area (Å²) in [6.45, 7) is 3.59. The third-order valence-electron chi connectivity index (χ3n) is 6.68. The average Bonchev–Trinajstić information content (AvgIpc) is 3.52. The third-order valence-corrected chi connectivity index (χ3v) is 10.2. The molecule has 3 heterocycles. The van der Waals surface area contributed by atoms with Crippen molar-refractivity contribution in [2.75, 3.05) is 24.6 Å². The van der Waals surface area contributed by atoms with Crippen LogP contribution in [0.2, 0.25) is 0 Å². The predicted molar refractivity (Wildman–Crippen MR) is 142 cm³/mol. The molecule has 186 valence electrons. The van der Waals surface area contributed by atoms with Crippen molar-refractivity contribution in [3.05, 3.63) is 52.5 Å². The van der Waals surface area contributed by atoms with Crippen LogP contribution in [0.25, 0.3) is 10.2 Å². The summed E-state index contributed by atoms with van der Waals surface area (Å²) in [5, 5.41) is 0.609. The van der Waals surface area contributed by atoms with E-state index >= 15 is 0 Å². The molecule has 2 unspecified atom stereocenters. The van der Waals surface area contributed by atoms with Gasteiger partial charge in [0.1, 0.15) is 0 Å². The molecule has 2 aliphatic heterocycles. The van der Waals surface area contributed by atoms with Crippen LogP contribution in [0.5, 0.6) is 0 Å². The first-order valence-electron chi connectivity index (χ1n) is 11.9. The van der Waals surface area contributed by atoms with E-state index in [9.17, 15) is 13.2 Å². The summed E-state index contributed by atoms with van der Waals surface area (Å²) in [6.07, 6.45) is 4.61. The van der Waals surface area contributed by atoms with Crippen LogP contribution < -0.4 is 4.90 Å². The summed E-state index contributed by atoms with van der Waals surface area (Å²) in [4.78, 5) is 20.3. The lowest BCUT2D eigenvalue weighted by Gasteiger charge is -2.32. The average molecular weight is 579 g/mol. The molecule has 0 bridgehead atoms. The summed E-state index contributed by atoms with van der Waals surface area (Å²) >= 11 is 4.95. The number of carbonyl (C=O) groups is 1. The van der Waals surface area contributed by atoms with Crippen molar-refractivity contribution in [1.29, 1.82) is 0 Å². The highest BCUT2D eigenvalue weighted by molar-refractivity contribution is 9.10. The van der Waals surface area contributed by atoms with Crippen LogP contribution >= 0.6 is 27.3 Å². The van der Waals surface area contributed by atoms with E-state index in [0.29, 0.717) is 30.4 Å². The van der Waals surface area contributed by atoms with Crippen LogP contribution in [0.15, 0.2) is 51.8 Å². The summed E-state index contributed by atoms with van der Waals surface area (Å²) in [5.41, 5.74) is 1.25.